The molecule has 0 amide bonds. The molecule has 0 unspecified atom stereocenters. The Morgan fingerprint density at radius 2 is 2.38 bits per heavy atom. The van der Waals surface area contributed by atoms with E-state index in [4.69, 9.17) is 5.11 Å². The second kappa shape index (κ2) is 7.39. The van der Waals surface area contributed by atoms with Gasteiger partial charge < -0.3 is 9.94 Å². The number of carbonyl (C=O) groups excluding carboxylic acids is 1. The van der Waals surface area contributed by atoms with Gasteiger partial charge in [0.15, 0.2) is 0 Å². The van der Waals surface area contributed by atoms with Crippen molar-refractivity contribution in [2.75, 3.05) is 6.73 Å². The van der Waals surface area contributed by atoms with Gasteiger partial charge in [0.1, 0.15) is 6.73 Å². The fourth-order valence-electron chi connectivity index (χ4n) is 0.134. The molecule has 0 atom stereocenters. The Bertz CT molecular complexity index is 67.5. The van der Waals surface area contributed by atoms with Crippen LogP contribution in [0.2, 0.25) is 0 Å². The Morgan fingerprint density at radius 3 is 2.50 bits per heavy atom. The molecule has 4 nitrogen and oxygen atoms in total. The third kappa shape index (κ3) is 9.63. The van der Waals surface area contributed by atoms with Gasteiger partial charge in [-0.15, -0.1) is 5.48 Å². The van der Waals surface area contributed by atoms with Crippen molar-refractivity contribution in [2.24, 2.45) is 0 Å². The largest absolute Gasteiger partial charge is 0.378 e. The summed E-state index contributed by atoms with van der Waals surface area (Å²) < 4.78 is 0. The molecule has 0 aromatic heterocycles. The van der Waals surface area contributed by atoms with Crippen molar-refractivity contribution in [2.45, 2.75) is 6.92 Å². The normalized spacial score (nSPS) is 7.25. The minimum Gasteiger partial charge on any atom is -0.378 e. The van der Waals surface area contributed by atoms with E-state index in [2.05, 4.69) is 4.84 Å². The fourth-order valence-corrected chi connectivity index (χ4v) is 0.134. The monoisotopic (exact) mass is 128 g/mol. The quantitative estimate of drug-likeness (QED) is 0.273. The Hall–Kier alpha value is 0.390. The zero-order chi connectivity index (χ0) is 5.70. The summed E-state index contributed by atoms with van der Waals surface area (Å²) >= 11 is 0. The van der Waals surface area contributed by atoms with Crippen molar-refractivity contribution in [3.8, 4) is 0 Å². The first-order chi connectivity index (χ1) is 3.27. The van der Waals surface area contributed by atoms with E-state index < -0.39 is 5.97 Å². The maximum absolute atomic E-state index is 9.81. The van der Waals surface area contributed by atoms with Crippen LogP contribution in [0.1, 0.15) is 6.92 Å². The molecule has 1 radical (unpaired) electrons. The predicted molar refractivity (Wildman–Crippen MR) is 27.7 cm³/mol. The Labute approximate surface area is 69.5 Å². The van der Waals surface area contributed by atoms with Gasteiger partial charge in [0.05, 0.1) is 0 Å². The average Bonchev–Trinajstić information content (AvgIpc) is 1.61. The Morgan fingerprint density at radius 1 is 1.88 bits per heavy atom. The van der Waals surface area contributed by atoms with Gasteiger partial charge in [-0.25, -0.2) is 0 Å². The number of rotatable bonds is 2. The summed E-state index contributed by atoms with van der Waals surface area (Å²) in [7, 11) is 0. The van der Waals surface area contributed by atoms with E-state index in [1.165, 1.54) is 6.92 Å². The Balaban J connectivity index is 0. The molecule has 0 aliphatic heterocycles. The maximum atomic E-state index is 9.81. The molecule has 43 valence electrons. The second-order valence-electron chi connectivity index (χ2n) is 0.896. The molecule has 0 bridgehead atoms. The average molecular weight is 128 g/mol. The van der Waals surface area contributed by atoms with Gasteiger partial charge in [-0.05, 0) is 0 Å². The van der Waals surface area contributed by atoms with Gasteiger partial charge in [-0.1, -0.05) is 0 Å². The number of nitrogens with one attached hydrogen (secondary N) is 1. The number of carbonyl (C=O) groups is 1. The molecule has 0 saturated heterocycles. The summed E-state index contributed by atoms with van der Waals surface area (Å²) in [6.45, 7) is 0.891. The van der Waals surface area contributed by atoms with Crippen LogP contribution in [-0.2, 0) is 9.63 Å². The number of hydrogen-bond acceptors (Lipinski definition) is 4. The van der Waals surface area contributed by atoms with E-state index in [-0.39, 0.29) is 36.3 Å². The van der Waals surface area contributed by atoms with Crippen LogP contribution in [0, 0.1) is 0 Å². The van der Waals surface area contributed by atoms with Gasteiger partial charge in [-0.3, -0.25) is 4.79 Å². The molecule has 5 heteroatoms. The predicted octanol–water partition coefficient (Wildman–Crippen LogP) is -1.38. The zero-order valence-corrected chi connectivity index (χ0v) is 6.97. The molecule has 0 saturated carbocycles. The van der Waals surface area contributed by atoms with E-state index in [1.807, 2.05) is 5.48 Å². The van der Waals surface area contributed by atoms with Crippen LogP contribution in [0.15, 0.2) is 0 Å². The van der Waals surface area contributed by atoms with Crippen LogP contribution in [0.3, 0.4) is 0 Å². The van der Waals surface area contributed by atoms with Crippen molar-refractivity contribution in [3.63, 3.8) is 0 Å². The standard InChI is InChI=1S/C3H7NO3.Na/c1-3(6)7-4-2-5;/h4-5H,2H2,1H3;. The van der Waals surface area contributed by atoms with Crippen LogP contribution in [-0.4, -0.2) is 47.4 Å². The van der Waals surface area contributed by atoms with E-state index in [0.717, 1.165) is 0 Å². The molecule has 0 aromatic rings. The molecule has 2 N–H and O–H groups in total. The first-order valence-electron chi connectivity index (χ1n) is 1.78. The van der Waals surface area contributed by atoms with Crippen molar-refractivity contribution in [3.05, 3.63) is 0 Å². The molecule has 0 aliphatic rings. The smallest absolute Gasteiger partial charge is 0.321 e. The molecule has 0 spiro atoms. The van der Waals surface area contributed by atoms with E-state index >= 15 is 0 Å². The molecular formula is C3H7NNaO3. The summed E-state index contributed by atoms with van der Waals surface area (Å²) in [5.74, 6) is -0.464. The van der Waals surface area contributed by atoms with Crippen LogP contribution in [0.4, 0.5) is 0 Å². The molecule has 0 aliphatic carbocycles. The van der Waals surface area contributed by atoms with Gasteiger partial charge >= 0.3 is 5.97 Å². The molecular weight excluding hydrogens is 121 g/mol. The van der Waals surface area contributed by atoms with Gasteiger partial charge in [0.2, 0.25) is 0 Å². The summed E-state index contributed by atoms with van der Waals surface area (Å²) in [5.41, 5.74) is 1.95. The maximum Gasteiger partial charge on any atom is 0.321 e. The molecule has 0 rings (SSSR count). The first kappa shape index (κ1) is 11.2. The Kier molecular flexibility index (Phi) is 10.4. The molecule has 0 fully saturated rings. The number of aliphatic hydroxyl groups is 1. The van der Waals surface area contributed by atoms with E-state index in [1.54, 1.807) is 0 Å². The van der Waals surface area contributed by atoms with Crippen LogP contribution < -0.4 is 5.48 Å². The van der Waals surface area contributed by atoms with Gasteiger partial charge in [0.25, 0.3) is 0 Å². The summed E-state index contributed by atoms with van der Waals surface area (Å²) in [6.07, 6.45) is 0. The van der Waals surface area contributed by atoms with Crippen LogP contribution in [0.25, 0.3) is 0 Å². The van der Waals surface area contributed by atoms with Crippen molar-refractivity contribution < 1.29 is 14.7 Å². The van der Waals surface area contributed by atoms with Crippen molar-refractivity contribution >= 4 is 35.5 Å². The number of hydroxylamine groups is 1. The zero-order valence-electron chi connectivity index (χ0n) is 4.97. The van der Waals surface area contributed by atoms with Crippen molar-refractivity contribution in [1.82, 2.24) is 5.48 Å². The van der Waals surface area contributed by atoms with E-state index in [9.17, 15) is 4.79 Å². The number of aliphatic hydroxyl groups excluding tert-OH is 1. The van der Waals surface area contributed by atoms with Crippen LogP contribution in [0.5, 0.6) is 0 Å². The molecule has 0 heterocycles. The first-order valence-corrected chi connectivity index (χ1v) is 1.78. The van der Waals surface area contributed by atoms with Gasteiger partial charge in [0, 0.05) is 36.5 Å². The molecule has 8 heavy (non-hydrogen) atoms. The van der Waals surface area contributed by atoms with Crippen molar-refractivity contribution in [1.29, 1.82) is 0 Å². The topological polar surface area (TPSA) is 58.6 Å². The summed E-state index contributed by atoms with van der Waals surface area (Å²) in [4.78, 5) is 13.9. The minimum absolute atomic E-state index is 0. The van der Waals surface area contributed by atoms with E-state index in [0.29, 0.717) is 0 Å². The summed E-state index contributed by atoms with van der Waals surface area (Å²) in [6, 6.07) is 0. The van der Waals surface area contributed by atoms with Gasteiger partial charge in [-0.2, -0.15) is 0 Å². The minimum atomic E-state index is -0.464. The van der Waals surface area contributed by atoms with Crippen LogP contribution >= 0.6 is 0 Å². The molecule has 0 aromatic carbocycles. The number of hydrogen-bond donors (Lipinski definition) is 2. The third-order valence-corrected chi connectivity index (χ3v) is 0.280. The summed E-state index contributed by atoms with van der Waals surface area (Å²) in [5, 5.41) is 7.93. The SMILES string of the molecule is CC(=O)ONCO.[Na]. The fraction of sp³-hybridized carbons (Fsp3) is 0.667. The third-order valence-electron chi connectivity index (χ3n) is 0.280. The second-order valence-corrected chi connectivity index (χ2v) is 0.896.